The summed E-state index contributed by atoms with van der Waals surface area (Å²) in [5.41, 5.74) is 0. The molecule has 3 N–H and O–H groups in total. The van der Waals surface area contributed by atoms with Crippen molar-refractivity contribution in [3.63, 3.8) is 0 Å². The van der Waals surface area contributed by atoms with Crippen molar-refractivity contribution in [3.05, 3.63) is 0 Å². The Morgan fingerprint density at radius 2 is 0.885 bits per heavy atom. The van der Waals surface area contributed by atoms with Crippen molar-refractivity contribution in [1.82, 2.24) is 0 Å². The quantitative estimate of drug-likeness (QED) is 0.278. The fourth-order valence-corrected chi connectivity index (χ4v) is 2.03. The molecule has 0 bridgehead atoms. The predicted octanol–water partition coefficient (Wildman–Crippen LogP) is 3.28. The van der Waals surface area contributed by atoms with Gasteiger partial charge in [0.1, 0.15) is 0 Å². The number of hydrogen-bond donors (Lipinski definition) is 3. The summed E-state index contributed by atoms with van der Waals surface area (Å²) < 4.78 is 9.47. The molecular formula is C20H47NaO5. The third-order valence-electron chi connectivity index (χ3n) is 3.39. The number of unbranched alkanes of at least 4 members (excludes halogenated alkanes) is 9. The van der Waals surface area contributed by atoms with Gasteiger partial charge in [-0.2, -0.15) is 0 Å². The molecule has 26 heavy (non-hydrogen) atoms. The third kappa shape index (κ3) is 49.8. The first-order valence-corrected chi connectivity index (χ1v) is 10.2. The molecule has 0 unspecified atom stereocenters. The second kappa shape index (κ2) is 40.5. The van der Waals surface area contributed by atoms with Gasteiger partial charge in [0.15, 0.2) is 0 Å². The van der Waals surface area contributed by atoms with Gasteiger partial charge in [0.2, 0.25) is 0 Å². The average molecular weight is 391 g/mol. The molecule has 0 atom stereocenters. The molecule has 0 radical (unpaired) electrons. The second-order valence-corrected chi connectivity index (χ2v) is 5.75. The number of aliphatic hydroxyl groups is 3. The third-order valence-corrected chi connectivity index (χ3v) is 3.39. The van der Waals surface area contributed by atoms with E-state index in [2.05, 4.69) is 11.7 Å². The maximum absolute atomic E-state index is 8.57. The zero-order valence-electron chi connectivity index (χ0n) is 17.2. The van der Waals surface area contributed by atoms with Gasteiger partial charge >= 0.3 is 29.6 Å². The molecular weight excluding hydrogens is 343 g/mol. The van der Waals surface area contributed by atoms with E-state index in [9.17, 15) is 0 Å². The van der Waals surface area contributed by atoms with E-state index in [0.29, 0.717) is 19.8 Å². The van der Waals surface area contributed by atoms with Gasteiger partial charge in [0.05, 0.1) is 26.4 Å². The van der Waals surface area contributed by atoms with Crippen molar-refractivity contribution >= 4 is 29.6 Å². The molecule has 0 aromatic rings. The van der Waals surface area contributed by atoms with Crippen LogP contribution in [0.15, 0.2) is 0 Å². The Balaban J connectivity index is -0.000000157. The van der Waals surface area contributed by atoms with Crippen LogP contribution < -0.4 is 0 Å². The first-order chi connectivity index (χ1) is 12.2. The molecule has 0 saturated heterocycles. The Morgan fingerprint density at radius 1 is 0.500 bits per heavy atom. The fraction of sp³-hybridized carbons (Fsp3) is 1.00. The summed E-state index contributed by atoms with van der Waals surface area (Å²) in [4.78, 5) is 0. The van der Waals surface area contributed by atoms with Crippen molar-refractivity contribution in [3.8, 4) is 0 Å². The van der Waals surface area contributed by atoms with E-state index in [0.717, 1.165) is 19.6 Å². The van der Waals surface area contributed by atoms with Gasteiger partial charge in [0.25, 0.3) is 0 Å². The van der Waals surface area contributed by atoms with Crippen LogP contribution in [0.3, 0.4) is 0 Å². The first kappa shape index (κ1) is 34.3. The topological polar surface area (TPSA) is 79.2 Å². The van der Waals surface area contributed by atoms with E-state index in [1.807, 2.05) is 13.8 Å². The molecule has 0 aromatic carbocycles. The Kier molecular flexibility index (Phi) is 53.4. The predicted molar refractivity (Wildman–Crippen MR) is 113 cm³/mol. The minimum absolute atomic E-state index is 0. The summed E-state index contributed by atoms with van der Waals surface area (Å²) in [7, 11) is 0. The fourth-order valence-electron chi connectivity index (χ4n) is 2.03. The Morgan fingerprint density at radius 3 is 1.15 bits per heavy atom. The van der Waals surface area contributed by atoms with Crippen molar-refractivity contribution in [1.29, 1.82) is 0 Å². The van der Waals surface area contributed by atoms with Crippen molar-refractivity contribution in [2.24, 2.45) is 0 Å². The summed E-state index contributed by atoms with van der Waals surface area (Å²) in [6.45, 7) is 8.99. The molecule has 0 fully saturated rings. The summed E-state index contributed by atoms with van der Waals surface area (Å²) >= 11 is 0. The molecule has 0 amide bonds. The molecule has 0 aliphatic rings. The van der Waals surface area contributed by atoms with Gasteiger partial charge < -0.3 is 24.8 Å². The molecule has 6 heteroatoms. The molecule has 0 aromatic heterocycles. The average Bonchev–Trinajstić information content (AvgIpc) is 2.63. The number of aliphatic hydroxyl groups excluding tert-OH is 3. The Bertz CT molecular complexity index is 170. The Hall–Kier alpha value is 0.800. The van der Waals surface area contributed by atoms with Crippen LogP contribution in [0.4, 0.5) is 0 Å². The van der Waals surface area contributed by atoms with Gasteiger partial charge in [-0.3, -0.25) is 0 Å². The van der Waals surface area contributed by atoms with Crippen LogP contribution in [0, 0.1) is 0 Å². The summed E-state index contributed by atoms with van der Waals surface area (Å²) in [6, 6.07) is 0. The molecule has 0 aliphatic heterocycles. The molecule has 0 spiro atoms. The molecule has 158 valence electrons. The zero-order valence-corrected chi connectivity index (χ0v) is 17.2. The van der Waals surface area contributed by atoms with Crippen molar-refractivity contribution in [2.75, 3.05) is 46.2 Å². The first-order valence-electron chi connectivity index (χ1n) is 10.2. The molecule has 0 aliphatic carbocycles. The van der Waals surface area contributed by atoms with Gasteiger partial charge in [-0.25, -0.2) is 0 Å². The van der Waals surface area contributed by atoms with E-state index in [1.165, 1.54) is 57.8 Å². The van der Waals surface area contributed by atoms with Crippen LogP contribution in [0.1, 0.15) is 85.0 Å². The molecule has 0 heterocycles. The van der Waals surface area contributed by atoms with E-state index in [4.69, 9.17) is 20.1 Å². The number of hydrogen-bond acceptors (Lipinski definition) is 5. The second-order valence-electron chi connectivity index (χ2n) is 5.75. The van der Waals surface area contributed by atoms with Crippen LogP contribution in [0.2, 0.25) is 0 Å². The standard InChI is InChI=1S/C12H26O.C4H10O3.C4H10O.Na.H/c1-2-3-4-5-6-7-8-9-10-11-12-13;5-1-3-7-4-2-6;1-3-5-4-2;;/h13H,2-12H2,1H3;5-6H,1-4H2;3-4H2,1-2H3;;. The van der Waals surface area contributed by atoms with Gasteiger partial charge in [-0.1, -0.05) is 64.7 Å². The van der Waals surface area contributed by atoms with Crippen molar-refractivity contribution < 1.29 is 24.8 Å². The molecule has 0 saturated carbocycles. The van der Waals surface area contributed by atoms with Crippen LogP contribution in [0.5, 0.6) is 0 Å². The van der Waals surface area contributed by atoms with Crippen LogP contribution in [-0.4, -0.2) is 91.1 Å². The van der Waals surface area contributed by atoms with E-state index < -0.39 is 0 Å². The summed E-state index contributed by atoms with van der Waals surface area (Å²) in [5.74, 6) is 0. The van der Waals surface area contributed by atoms with E-state index in [1.54, 1.807) is 0 Å². The normalized spacial score (nSPS) is 9.46. The zero-order chi connectivity index (χ0) is 19.4. The number of rotatable bonds is 16. The summed E-state index contributed by atoms with van der Waals surface area (Å²) in [5, 5.41) is 24.7. The van der Waals surface area contributed by atoms with Crippen molar-refractivity contribution in [2.45, 2.75) is 85.0 Å². The van der Waals surface area contributed by atoms with Crippen LogP contribution >= 0.6 is 0 Å². The number of ether oxygens (including phenoxy) is 2. The van der Waals surface area contributed by atoms with Gasteiger partial charge in [0, 0.05) is 19.8 Å². The van der Waals surface area contributed by atoms with E-state index in [-0.39, 0.29) is 42.8 Å². The van der Waals surface area contributed by atoms with Crippen LogP contribution in [-0.2, 0) is 9.47 Å². The van der Waals surface area contributed by atoms with E-state index >= 15 is 0 Å². The molecule has 0 rings (SSSR count). The minimum atomic E-state index is 0. The monoisotopic (exact) mass is 390 g/mol. The maximum atomic E-state index is 8.57. The molecule has 5 nitrogen and oxygen atoms in total. The van der Waals surface area contributed by atoms with Crippen LogP contribution in [0.25, 0.3) is 0 Å². The Labute approximate surface area is 185 Å². The van der Waals surface area contributed by atoms with Gasteiger partial charge in [-0.05, 0) is 20.3 Å². The van der Waals surface area contributed by atoms with Gasteiger partial charge in [-0.15, -0.1) is 0 Å². The SMILES string of the molecule is CCCCCCCCCCCCO.CCOCC.OCCOCCO.[NaH]. The summed E-state index contributed by atoms with van der Waals surface area (Å²) in [6.07, 6.45) is 13.3.